The topological polar surface area (TPSA) is 67.3 Å². The number of methoxy groups -OCH3 is 1. The first-order valence-corrected chi connectivity index (χ1v) is 6.49. The Hall–Kier alpha value is -1.40. The van der Waals surface area contributed by atoms with Crippen molar-refractivity contribution in [3.63, 3.8) is 0 Å². The number of anilines is 1. The minimum atomic E-state index is 0.179. The van der Waals surface area contributed by atoms with Crippen LogP contribution in [0.3, 0.4) is 0 Å². The average molecular weight is 285 g/mol. The molecule has 0 aliphatic carbocycles. The van der Waals surface area contributed by atoms with Crippen molar-refractivity contribution in [3.8, 4) is 0 Å². The molecule has 6 nitrogen and oxygen atoms in total. The van der Waals surface area contributed by atoms with E-state index >= 15 is 0 Å². The zero-order valence-corrected chi connectivity index (χ0v) is 11.8. The van der Waals surface area contributed by atoms with Crippen molar-refractivity contribution in [2.45, 2.75) is 25.5 Å². The number of ether oxygens (including phenoxy) is 1. The Bertz CT molecular complexity index is 469. The van der Waals surface area contributed by atoms with Gasteiger partial charge in [-0.2, -0.15) is 0 Å². The molecule has 2 heterocycles. The highest BCUT2D eigenvalue weighted by molar-refractivity contribution is 6.29. The molecule has 1 fully saturated rings. The van der Waals surface area contributed by atoms with Gasteiger partial charge in [0.15, 0.2) is 5.82 Å². The van der Waals surface area contributed by atoms with Crippen LogP contribution in [0.2, 0.25) is 5.15 Å². The van der Waals surface area contributed by atoms with Gasteiger partial charge >= 0.3 is 0 Å². The van der Waals surface area contributed by atoms with Crippen LogP contribution in [-0.2, 0) is 16.1 Å². The first-order chi connectivity index (χ1) is 9.08. The van der Waals surface area contributed by atoms with E-state index in [9.17, 15) is 4.79 Å². The maximum absolute atomic E-state index is 11.4. The standard InChI is InChI=1S/C12H17ClN4O2/c1-17-6-8(3-4-12(17)18)14-10-5-9(13)15-11(16-10)7-19-2/h5,8H,3-4,6-7H2,1-2H3,(H,14,15,16). The van der Waals surface area contributed by atoms with E-state index in [0.717, 1.165) is 6.42 Å². The van der Waals surface area contributed by atoms with Crippen molar-refractivity contribution >= 4 is 23.3 Å². The van der Waals surface area contributed by atoms with E-state index < -0.39 is 0 Å². The Kier molecular flexibility index (Phi) is 4.55. The summed E-state index contributed by atoms with van der Waals surface area (Å²) in [7, 11) is 3.39. The summed E-state index contributed by atoms with van der Waals surface area (Å²) in [6, 6.07) is 1.86. The molecule has 1 aliphatic rings. The Morgan fingerprint density at radius 2 is 2.37 bits per heavy atom. The molecule has 19 heavy (non-hydrogen) atoms. The molecule has 1 aliphatic heterocycles. The van der Waals surface area contributed by atoms with Gasteiger partial charge in [0.1, 0.15) is 17.6 Å². The van der Waals surface area contributed by atoms with Crippen LogP contribution in [0.5, 0.6) is 0 Å². The van der Waals surface area contributed by atoms with Crippen molar-refractivity contribution in [2.24, 2.45) is 0 Å². The summed E-state index contributed by atoms with van der Waals surface area (Å²) in [6.07, 6.45) is 1.35. The molecular weight excluding hydrogens is 268 g/mol. The van der Waals surface area contributed by atoms with Gasteiger partial charge in [0.05, 0.1) is 0 Å². The van der Waals surface area contributed by atoms with Crippen LogP contribution in [-0.4, -0.2) is 47.5 Å². The summed E-state index contributed by atoms with van der Waals surface area (Å²) in [6.45, 7) is 0.984. The maximum atomic E-state index is 11.4. The normalized spacial score (nSPS) is 19.6. The molecule has 0 saturated carbocycles. The predicted molar refractivity (Wildman–Crippen MR) is 72.0 cm³/mol. The third-order valence-electron chi connectivity index (χ3n) is 2.99. The minimum Gasteiger partial charge on any atom is -0.377 e. The average Bonchev–Trinajstić information content (AvgIpc) is 2.33. The van der Waals surface area contributed by atoms with Crippen LogP contribution in [0.1, 0.15) is 18.7 Å². The van der Waals surface area contributed by atoms with Crippen LogP contribution in [0, 0.1) is 0 Å². The third kappa shape index (κ3) is 3.78. The number of amides is 1. The Morgan fingerprint density at radius 1 is 1.58 bits per heavy atom. The summed E-state index contributed by atoms with van der Waals surface area (Å²) in [4.78, 5) is 21.5. The second kappa shape index (κ2) is 6.16. The molecule has 0 radical (unpaired) electrons. The van der Waals surface area contributed by atoms with Gasteiger partial charge in [0, 0.05) is 39.2 Å². The monoisotopic (exact) mass is 284 g/mol. The van der Waals surface area contributed by atoms with Gasteiger partial charge in [0.25, 0.3) is 0 Å². The maximum Gasteiger partial charge on any atom is 0.222 e. The summed E-state index contributed by atoms with van der Waals surface area (Å²) in [5.74, 6) is 1.39. The number of likely N-dealkylation sites (N-methyl/N-ethyl adjacent to an activating group) is 1. The zero-order valence-electron chi connectivity index (χ0n) is 11.0. The molecular formula is C12H17ClN4O2. The molecule has 0 spiro atoms. The lowest BCUT2D eigenvalue weighted by Crippen LogP contribution is -2.43. The van der Waals surface area contributed by atoms with Crippen molar-refractivity contribution < 1.29 is 9.53 Å². The number of hydrogen-bond donors (Lipinski definition) is 1. The molecule has 2 rings (SSSR count). The van der Waals surface area contributed by atoms with E-state index in [1.165, 1.54) is 0 Å². The lowest BCUT2D eigenvalue weighted by atomic mass is 10.1. The smallest absolute Gasteiger partial charge is 0.222 e. The minimum absolute atomic E-state index is 0.179. The number of nitrogens with one attached hydrogen (secondary N) is 1. The molecule has 1 unspecified atom stereocenters. The SMILES string of the molecule is COCc1nc(Cl)cc(NC2CCC(=O)N(C)C2)n1. The van der Waals surface area contributed by atoms with E-state index in [-0.39, 0.29) is 11.9 Å². The molecule has 104 valence electrons. The first kappa shape index (κ1) is 14.0. The van der Waals surface area contributed by atoms with Gasteiger partial charge < -0.3 is 15.0 Å². The molecule has 1 atom stereocenters. The molecule has 1 aromatic heterocycles. The van der Waals surface area contributed by atoms with E-state index in [2.05, 4.69) is 15.3 Å². The van der Waals surface area contributed by atoms with Crippen LogP contribution >= 0.6 is 11.6 Å². The molecule has 0 aromatic carbocycles. The molecule has 1 N–H and O–H groups in total. The molecule has 1 amide bonds. The van der Waals surface area contributed by atoms with Crippen molar-refractivity contribution in [1.29, 1.82) is 0 Å². The highest BCUT2D eigenvalue weighted by Gasteiger charge is 2.23. The third-order valence-corrected chi connectivity index (χ3v) is 3.19. The number of halogens is 1. The van der Waals surface area contributed by atoms with Crippen molar-refractivity contribution in [3.05, 3.63) is 17.0 Å². The highest BCUT2D eigenvalue weighted by Crippen LogP contribution is 2.17. The van der Waals surface area contributed by atoms with Crippen LogP contribution in [0.4, 0.5) is 5.82 Å². The Labute approximate surface area is 117 Å². The number of rotatable bonds is 4. The molecule has 1 aromatic rings. The number of carbonyl (C=O) groups is 1. The quantitative estimate of drug-likeness (QED) is 0.845. The summed E-state index contributed by atoms with van der Waals surface area (Å²) in [5.41, 5.74) is 0. The predicted octanol–water partition coefficient (Wildman–Crippen LogP) is 1.31. The van der Waals surface area contributed by atoms with Crippen molar-refractivity contribution in [1.82, 2.24) is 14.9 Å². The fourth-order valence-corrected chi connectivity index (χ4v) is 2.27. The summed E-state index contributed by atoms with van der Waals surface area (Å²) < 4.78 is 4.99. The number of piperidine rings is 1. The van der Waals surface area contributed by atoms with Crippen LogP contribution in [0.15, 0.2) is 6.07 Å². The van der Waals surface area contributed by atoms with Gasteiger partial charge in [-0.05, 0) is 6.42 Å². The molecule has 0 bridgehead atoms. The van der Waals surface area contributed by atoms with Gasteiger partial charge in [-0.15, -0.1) is 0 Å². The van der Waals surface area contributed by atoms with Crippen LogP contribution in [0.25, 0.3) is 0 Å². The lowest BCUT2D eigenvalue weighted by Gasteiger charge is -2.30. The number of carbonyl (C=O) groups excluding carboxylic acids is 1. The van der Waals surface area contributed by atoms with E-state index in [4.69, 9.17) is 16.3 Å². The largest absolute Gasteiger partial charge is 0.377 e. The van der Waals surface area contributed by atoms with Gasteiger partial charge in [-0.25, -0.2) is 9.97 Å². The van der Waals surface area contributed by atoms with Crippen LogP contribution < -0.4 is 5.32 Å². The number of nitrogens with zero attached hydrogens (tertiary/aromatic N) is 3. The number of likely N-dealkylation sites (tertiary alicyclic amines) is 1. The molecule has 1 saturated heterocycles. The summed E-state index contributed by atoms with van der Waals surface area (Å²) >= 11 is 5.94. The molecule has 7 heteroatoms. The fourth-order valence-electron chi connectivity index (χ4n) is 2.07. The van der Waals surface area contributed by atoms with Gasteiger partial charge in [0.2, 0.25) is 5.91 Å². The van der Waals surface area contributed by atoms with Gasteiger partial charge in [-0.3, -0.25) is 4.79 Å². The summed E-state index contributed by atoms with van der Waals surface area (Å²) in [5, 5.41) is 3.67. The highest BCUT2D eigenvalue weighted by atomic mass is 35.5. The zero-order chi connectivity index (χ0) is 13.8. The van der Waals surface area contributed by atoms with E-state index in [0.29, 0.717) is 36.4 Å². The Balaban J connectivity index is 2.04. The second-order valence-corrected chi connectivity index (χ2v) is 4.97. The van der Waals surface area contributed by atoms with Gasteiger partial charge in [-0.1, -0.05) is 11.6 Å². The first-order valence-electron chi connectivity index (χ1n) is 6.11. The van der Waals surface area contributed by atoms with E-state index in [1.807, 2.05) is 0 Å². The van der Waals surface area contributed by atoms with Crippen molar-refractivity contribution in [2.75, 3.05) is 26.0 Å². The number of aromatic nitrogens is 2. The fraction of sp³-hybridized carbons (Fsp3) is 0.583. The Morgan fingerprint density at radius 3 is 3.05 bits per heavy atom. The van der Waals surface area contributed by atoms with E-state index in [1.54, 1.807) is 25.1 Å². The lowest BCUT2D eigenvalue weighted by molar-refractivity contribution is -0.132. The second-order valence-electron chi connectivity index (χ2n) is 4.58. The number of hydrogen-bond acceptors (Lipinski definition) is 5.